The Morgan fingerprint density at radius 2 is 2.36 bits per heavy atom. The SMILES string of the molecule is CC1CCC(c2ncc(Br)c(Cl)n2)O1. The number of nitrogens with zero attached hydrogens (tertiary/aromatic N) is 2. The molecule has 3 nitrogen and oxygen atoms in total. The van der Waals surface area contributed by atoms with Crippen LogP contribution in [-0.2, 0) is 4.74 Å². The van der Waals surface area contributed by atoms with E-state index >= 15 is 0 Å². The largest absolute Gasteiger partial charge is 0.367 e. The molecule has 1 aliphatic heterocycles. The minimum Gasteiger partial charge on any atom is -0.367 e. The van der Waals surface area contributed by atoms with Gasteiger partial charge in [-0.2, -0.15) is 0 Å². The maximum atomic E-state index is 5.88. The number of aromatic nitrogens is 2. The van der Waals surface area contributed by atoms with Crippen LogP contribution >= 0.6 is 27.5 Å². The fourth-order valence-electron chi connectivity index (χ4n) is 1.51. The molecule has 5 heteroatoms. The van der Waals surface area contributed by atoms with Crippen LogP contribution in [0.25, 0.3) is 0 Å². The lowest BCUT2D eigenvalue weighted by Gasteiger charge is -2.09. The topological polar surface area (TPSA) is 35.0 Å². The van der Waals surface area contributed by atoms with Crippen molar-refractivity contribution in [1.82, 2.24) is 9.97 Å². The van der Waals surface area contributed by atoms with E-state index in [-0.39, 0.29) is 6.10 Å². The zero-order chi connectivity index (χ0) is 10.1. The average Bonchev–Trinajstić information content (AvgIpc) is 2.57. The van der Waals surface area contributed by atoms with E-state index in [0.29, 0.717) is 21.6 Å². The molecule has 2 rings (SSSR count). The highest BCUT2D eigenvalue weighted by Crippen LogP contribution is 2.31. The number of hydrogen-bond donors (Lipinski definition) is 0. The van der Waals surface area contributed by atoms with Gasteiger partial charge in [-0.25, -0.2) is 9.97 Å². The highest BCUT2D eigenvalue weighted by molar-refractivity contribution is 9.10. The van der Waals surface area contributed by atoms with Gasteiger partial charge in [0.05, 0.1) is 10.6 Å². The van der Waals surface area contributed by atoms with Crippen LogP contribution in [0.1, 0.15) is 31.7 Å². The van der Waals surface area contributed by atoms with Crippen LogP contribution in [0.5, 0.6) is 0 Å². The first-order chi connectivity index (χ1) is 6.66. The van der Waals surface area contributed by atoms with E-state index in [4.69, 9.17) is 16.3 Å². The molecule has 1 fully saturated rings. The number of hydrogen-bond acceptors (Lipinski definition) is 3. The van der Waals surface area contributed by atoms with Crippen molar-refractivity contribution in [2.45, 2.75) is 32.0 Å². The fraction of sp³-hybridized carbons (Fsp3) is 0.556. The molecular weight excluding hydrogens is 267 g/mol. The summed E-state index contributed by atoms with van der Waals surface area (Å²) >= 11 is 9.13. The number of halogens is 2. The standard InChI is InChI=1S/C9H10BrClN2O/c1-5-2-3-7(14-5)9-12-4-6(10)8(11)13-9/h4-5,7H,2-3H2,1H3. The van der Waals surface area contributed by atoms with Crippen LogP contribution in [0.3, 0.4) is 0 Å². The number of rotatable bonds is 1. The second kappa shape index (κ2) is 4.13. The molecule has 0 bridgehead atoms. The van der Waals surface area contributed by atoms with Crippen LogP contribution < -0.4 is 0 Å². The van der Waals surface area contributed by atoms with E-state index in [1.807, 2.05) is 0 Å². The Morgan fingerprint density at radius 1 is 1.57 bits per heavy atom. The molecule has 2 heterocycles. The van der Waals surface area contributed by atoms with Gasteiger partial charge in [-0.15, -0.1) is 0 Å². The molecule has 14 heavy (non-hydrogen) atoms. The molecule has 0 aromatic carbocycles. The third kappa shape index (κ3) is 2.07. The Kier molecular flexibility index (Phi) is 3.04. The minimum atomic E-state index is 0.00981. The fourth-order valence-corrected chi connectivity index (χ4v) is 1.83. The van der Waals surface area contributed by atoms with E-state index in [2.05, 4.69) is 32.8 Å². The van der Waals surface area contributed by atoms with Crippen molar-refractivity contribution in [3.05, 3.63) is 21.6 Å². The van der Waals surface area contributed by atoms with Gasteiger partial charge in [0.25, 0.3) is 0 Å². The van der Waals surface area contributed by atoms with E-state index in [1.54, 1.807) is 6.20 Å². The summed E-state index contributed by atoms with van der Waals surface area (Å²) in [4.78, 5) is 8.36. The summed E-state index contributed by atoms with van der Waals surface area (Å²) < 4.78 is 6.36. The van der Waals surface area contributed by atoms with Crippen molar-refractivity contribution in [2.75, 3.05) is 0 Å². The first-order valence-corrected chi connectivity index (χ1v) is 5.67. The summed E-state index contributed by atoms with van der Waals surface area (Å²) in [7, 11) is 0. The first kappa shape index (κ1) is 10.3. The molecule has 1 aliphatic rings. The molecule has 0 aliphatic carbocycles. The van der Waals surface area contributed by atoms with Crippen molar-refractivity contribution >= 4 is 27.5 Å². The molecule has 0 saturated carbocycles. The van der Waals surface area contributed by atoms with Gasteiger partial charge in [0, 0.05) is 6.20 Å². The second-order valence-electron chi connectivity index (χ2n) is 3.38. The molecule has 76 valence electrons. The second-order valence-corrected chi connectivity index (χ2v) is 4.59. The van der Waals surface area contributed by atoms with E-state index in [9.17, 15) is 0 Å². The monoisotopic (exact) mass is 276 g/mol. The molecule has 2 unspecified atom stereocenters. The van der Waals surface area contributed by atoms with Crippen molar-refractivity contribution in [3.8, 4) is 0 Å². The minimum absolute atomic E-state index is 0.00981. The van der Waals surface area contributed by atoms with Gasteiger partial charge in [0.15, 0.2) is 5.82 Å². The van der Waals surface area contributed by atoms with Gasteiger partial charge in [0.1, 0.15) is 11.3 Å². The summed E-state index contributed by atoms with van der Waals surface area (Å²) in [5, 5.41) is 0.443. The molecule has 1 saturated heterocycles. The molecule has 0 amide bonds. The van der Waals surface area contributed by atoms with Gasteiger partial charge in [-0.1, -0.05) is 11.6 Å². The summed E-state index contributed by atoms with van der Waals surface area (Å²) in [5.74, 6) is 0.683. The Labute approximate surface area is 96.0 Å². The third-order valence-corrected chi connectivity index (χ3v) is 3.34. The van der Waals surface area contributed by atoms with Gasteiger partial charge < -0.3 is 4.74 Å². The highest BCUT2D eigenvalue weighted by atomic mass is 79.9. The van der Waals surface area contributed by atoms with Gasteiger partial charge in [0.2, 0.25) is 0 Å². The Hall–Kier alpha value is -0.190. The molecule has 0 radical (unpaired) electrons. The van der Waals surface area contributed by atoms with Crippen LogP contribution in [0.4, 0.5) is 0 Å². The van der Waals surface area contributed by atoms with Crippen molar-refractivity contribution < 1.29 is 4.74 Å². The zero-order valence-corrected chi connectivity index (χ0v) is 10.0. The lowest BCUT2D eigenvalue weighted by molar-refractivity contribution is 0.0502. The Morgan fingerprint density at radius 3 is 2.93 bits per heavy atom. The van der Waals surface area contributed by atoms with Crippen LogP contribution in [-0.4, -0.2) is 16.1 Å². The zero-order valence-electron chi connectivity index (χ0n) is 7.70. The predicted octanol–water partition coefficient (Wildman–Crippen LogP) is 3.13. The Balaban J connectivity index is 2.20. The molecule has 2 atom stereocenters. The lowest BCUT2D eigenvalue weighted by atomic mass is 10.2. The molecule has 0 spiro atoms. The van der Waals surface area contributed by atoms with Gasteiger partial charge in [-0.3, -0.25) is 0 Å². The summed E-state index contributed by atoms with van der Waals surface area (Å²) in [5.41, 5.74) is 0. The molecular formula is C9H10BrClN2O. The highest BCUT2D eigenvalue weighted by Gasteiger charge is 2.25. The van der Waals surface area contributed by atoms with Crippen molar-refractivity contribution in [3.63, 3.8) is 0 Å². The van der Waals surface area contributed by atoms with Crippen molar-refractivity contribution in [1.29, 1.82) is 0 Å². The predicted molar refractivity (Wildman–Crippen MR) is 57.3 cm³/mol. The van der Waals surface area contributed by atoms with E-state index in [0.717, 1.165) is 12.8 Å². The van der Waals surface area contributed by atoms with Crippen LogP contribution in [0, 0.1) is 0 Å². The molecule has 0 N–H and O–H groups in total. The smallest absolute Gasteiger partial charge is 0.158 e. The summed E-state index contributed by atoms with van der Waals surface area (Å²) in [6, 6.07) is 0. The van der Waals surface area contributed by atoms with Crippen LogP contribution in [0.15, 0.2) is 10.7 Å². The van der Waals surface area contributed by atoms with Crippen molar-refractivity contribution in [2.24, 2.45) is 0 Å². The van der Waals surface area contributed by atoms with Gasteiger partial charge in [-0.05, 0) is 35.7 Å². The quantitative estimate of drug-likeness (QED) is 0.740. The van der Waals surface area contributed by atoms with E-state index in [1.165, 1.54) is 0 Å². The summed E-state index contributed by atoms with van der Waals surface area (Å²) in [6.07, 6.45) is 4.00. The third-order valence-electron chi connectivity index (χ3n) is 2.24. The molecule has 1 aromatic rings. The van der Waals surface area contributed by atoms with Gasteiger partial charge >= 0.3 is 0 Å². The average molecular weight is 278 g/mol. The lowest BCUT2D eigenvalue weighted by Crippen LogP contribution is -2.05. The number of ether oxygens (including phenoxy) is 1. The maximum Gasteiger partial charge on any atom is 0.158 e. The van der Waals surface area contributed by atoms with E-state index < -0.39 is 0 Å². The van der Waals surface area contributed by atoms with Crippen LogP contribution in [0.2, 0.25) is 5.15 Å². The normalized spacial score (nSPS) is 26.8. The Bertz CT molecular complexity index is 348. The summed E-state index contributed by atoms with van der Waals surface area (Å²) in [6.45, 7) is 2.06. The molecule has 1 aromatic heterocycles. The first-order valence-electron chi connectivity index (χ1n) is 4.50. The maximum absolute atomic E-state index is 5.88.